The van der Waals surface area contributed by atoms with Gasteiger partial charge in [-0.2, -0.15) is 4.98 Å². The Bertz CT molecular complexity index is 689. The quantitative estimate of drug-likeness (QED) is 0.921. The molecule has 1 saturated heterocycles. The summed E-state index contributed by atoms with van der Waals surface area (Å²) in [7, 11) is 0. The fraction of sp³-hybridized carbons (Fsp3) is 0.500. The molecule has 2 atom stereocenters. The SMILES string of the molecule is Cc1noc(C[C@@H](NC(=O)N2CCCO[C@H](C)C2)c2ccccc2)n1. The average Bonchev–Trinajstić information content (AvgIpc) is 2.89. The lowest BCUT2D eigenvalue weighted by Gasteiger charge is -2.26. The number of nitrogens with zero attached hydrogens (tertiary/aromatic N) is 3. The Morgan fingerprint density at radius 3 is 2.92 bits per heavy atom. The second-order valence-corrected chi connectivity index (χ2v) is 6.33. The van der Waals surface area contributed by atoms with Gasteiger partial charge in [0.05, 0.1) is 18.6 Å². The Morgan fingerprint density at radius 2 is 2.20 bits per heavy atom. The number of aromatic nitrogens is 2. The van der Waals surface area contributed by atoms with Crippen molar-refractivity contribution in [3.63, 3.8) is 0 Å². The molecule has 7 heteroatoms. The number of aryl methyl sites for hydroxylation is 1. The third-order valence-electron chi connectivity index (χ3n) is 4.19. The minimum absolute atomic E-state index is 0.0435. The molecule has 2 amide bonds. The number of carbonyl (C=O) groups excluding carboxylic acids is 1. The maximum absolute atomic E-state index is 12.8. The number of carbonyl (C=O) groups is 1. The first-order chi connectivity index (χ1) is 12.1. The van der Waals surface area contributed by atoms with Gasteiger partial charge in [0.2, 0.25) is 5.89 Å². The molecule has 134 valence electrons. The summed E-state index contributed by atoms with van der Waals surface area (Å²) in [5, 5.41) is 6.94. The van der Waals surface area contributed by atoms with Gasteiger partial charge in [0.15, 0.2) is 5.82 Å². The van der Waals surface area contributed by atoms with Crippen LogP contribution >= 0.6 is 0 Å². The largest absolute Gasteiger partial charge is 0.377 e. The van der Waals surface area contributed by atoms with E-state index < -0.39 is 0 Å². The molecule has 1 N–H and O–H groups in total. The van der Waals surface area contributed by atoms with Crippen LogP contribution < -0.4 is 5.32 Å². The molecule has 0 saturated carbocycles. The minimum atomic E-state index is -0.229. The molecular formula is C18H24N4O3. The predicted molar refractivity (Wildman–Crippen MR) is 92.1 cm³/mol. The Kier molecular flexibility index (Phi) is 5.65. The highest BCUT2D eigenvalue weighted by Crippen LogP contribution is 2.18. The zero-order chi connectivity index (χ0) is 17.6. The molecule has 1 aliphatic rings. The topological polar surface area (TPSA) is 80.5 Å². The second-order valence-electron chi connectivity index (χ2n) is 6.33. The molecule has 0 bridgehead atoms. The molecule has 2 heterocycles. The van der Waals surface area contributed by atoms with Crippen LogP contribution in [0.5, 0.6) is 0 Å². The molecule has 0 radical (unpaired) electrons. The fourth-order valence-electron chi connectivity index (χ4n) is 2.95. The van der Waals surface area contributed by atoms with E-state index in [1.807, 2.05) is 42.2 Å². The minimum Gasteiger partial charge on any atom is -0.377 e. The van der Waals surface area contributed by atoms with Gasteiger partial charge in [0.25, 0.3) is 0 Å². The van der Waals surface area contributed by atoms with Crippen molar-refractivity contribution in [2.45, 2.75) is 38.8 Å². The van der Waals surface area contributed by atoms with Gasteiger partial charge < -0.3 is 19.5 Å². The summed E-state index contributed by atoms with van der Waals surface area (Å²) in [6.45, 7) is 5.74. The Morgan fingerprint density at radius 1 is 1.40 bits per heavy atom. The molecule has 0 spiro atoms. The van der Waals surface area contributed by atoms with Crippen molar-refractivity contribution in [1.29, 1.82) is 0 Å². The Hall–Kier alpha value is -2.41. The van der Waals surface area contributed by atoms with Gasteiger partial charge in [0.1, 0.15) is 0 Å². The van der Waals surface area contributed by atoms with Crippen LogP contribution in [-0.2, 0) is 11.2 Å². The molecule has 1 aliphatic heterocycles. The molecule has 0 aliphatic carbocycles. The summed E-state index contributed by atoms with van der Waals surface area (Å²) in [5.41, 5.74) is 1.01. The van der Waals surface area contributed by atoms with Crippen molar-refractivity contribution >= 4 is 6.03 Å². The predicted octanol–water partition coefficient (Wildman–Crippen LogP) is 2.48. The molecule has 25 heavy (non-hydrogen) atoms. The van der Waals surface area contributed by atoms with E-state index >= 15 is 0 Å². The van der Waals surface area contributed by atoms with Crippen LogP contribution in [0, 0.1) is 6.92 Å². The Balaban J connectivity index is 1.73. The summed E-state index contributed by atoms with van der Waals surface area (Å²) in [5.74, 6) is 1.10. The van der Waals surface area contributed by atoms with Crippen LogP contribution in [0.2, 0.25) is 0 Å². The molecule has 7 nitrogen and oxygen atoms in total. The second kappa shape index (κ2) is 8.11. The fourth-order valence-corrected chi connectivity index (χ4v) is 2.95. The van der Waals surface area contributed by atoms with Gasteiger partial charge in [-0.1, -0.05) is 35.5 Å². The number of nitrogens with one attached hydrogen (secondary N) is 1. The van der Waals surface area contributed by atoms with Crippen LogP contribution in [0.25, 0.3) is 0 Å². The van der Waals surface area contributed by atoms with Gasteiger partial charge in [0, 0.05) is 19.7 Å². The van der Waals surface area contributed by atoms with Crippen molar-refractivity contribution in [2.24, 2.45) is 0 Å². The lowest BCUT2D eigenvalue weighted by molar-refractivity contribution is 0.0708. The molecule has 1 aromatic heterocycles. The third kappa shape index (κ3) is 4.79. The van der Waals surface area contributed by atoms with Crippen molar-refractivity contribution in [1.82, 2.24) is 20.4 Å². The van der Waals surface area contributed by atoms with Crippen LogP contribution in [0.4, 0.5) is 4.79 Å². The van der Waals surface area contributed by atoms with Gasteiger partial charge in [-0.05, 0) is 25.8 Å². The van der Waals surface area contributed by atoms with E-state index in [1.54, 1.807) is 6.92 Å². The number of hydrogen-bond acceptors (Lipinski definition) is 5. The van der Waals surface area contributed by atoms with Crippen LogP contribution in [0.1, 0.15) is 36.7 Å². The summed E-state index contributed by atoms with van der Waals surface area (Å²) in [6.07, 6.45) is 1.34. The first kappa shape index (κ1) is 17.4. The maximum atomic E-state index is 12.8. The normalized spacial score (nSPS) is 19.3. The molecule has 2 aromatic rings. The maximum Gasteiger partial charge on any atom is 0.317 e. The van der Waals surface area contributed by atoms with E-state index in [-0.39, 0.29) is 18.2 Å². The van der Waals surface area contributed by atoms with Crippen molar-refractivity contribution in [2.75, 3.05) is 19.7 Å². The molecule has 0 unspecified atom stereocenters. The summed E-state index contributed by atoms with van der Waals surface area (Å²) in [4.78, 5) is 18.8. The van der Waals surface area contributed by atoms with Gasteiger partial charge >= 0.3 is 6.03 Å². The molecule has 3 rings (SSSR count). The number of rotatable bonds is 4. The van der Waals surface area contributed by atoms with Crippen molar-refractivity contribution < 1.29 is 14.1 Å². The van der Waals surface area contributed by atoms with Crippen LogP contribution in [-0.4, -0.2) is 46.9 Å². The molecular weight excluding hydrogens is 320 g/mol. The average molecular weight is 344 g/mol. The first-order valence-corrected chi connectivity index (χ1v) is 8.63. The first-order valence-electron chi connectivity index (χ1n) is 8.63. The zero-order valence-corrected chi connectivity index (χ0v) is 14.6. The summed E-state index contributed by atoms with van der Waals surface area (Å²) < 4.78 is 10.9. The van der Waals surface area contributed by atoms with Crippen LogP contribution in [0.3, 0.4) is 0 Å². The van der Waals surface area contributed by atoms with Crippen molar-refractivity contribution in [3.05, 3.63) is 47.6 Å². The number of ether oxygens (including phenoxy) is 1. The molecule has 1 fully saturated rings. The van der Waals surface area contributed by atoms with Crippen LogP contribution in [0.15, 0.2) is 34.9 Å². The zero-order valence-electron chi connectivity index (χ0n) is 14.6. The highest BCUT2D eigenvalue weighted by atomic mass is 16.5. The highest BCUT2D eigenvalue weighted by molar-refractivity contribution is 5.74. The van der Waals surface area contributed by atoms with E-state index in [9.17, 15) is 4.79 Å². The van der Waals surface area contributed by atoms with E-state index in [1.165, 1.54) is 0 Å². The summed E-state index contributed by atoms with van der Waals surface area (Å²) >= 11 is 0. The third-order valence-corrected chi connectivity index (χ3v) is 4.19. The van der Waals surface area contributed by atoms with E-state index in [2.05, 4.69) is 15.5 Å². The van der Waals surface area contributed by atoms with Gasteiger partial charge in [-0.15, -0.1) is 0 Å². The number of urea groups is 1. The highest BCUT2D eigenvalue weighted by Gasteiger charge is 2.24. The number of benzene rings is 1. The Labute approximate surface area is 147 Å². The monoisotopic (exact) mass is 344 g/mol. The summed E-state index contributed by atoms with van der Waals surface area (Å²) in [6, 6.07) is 9.51. The van der Waals surface area contributed by atoms with Gasteiger partial charge in [-0.25, -0.2) is 4.79 Å². The number of hydrogen-bond donors (Lipinski definition) is 1. The van der Waals surface area contributed by atoms with Crippen molar-refractivity contribution in [3.8, 4) is 0 Å². The van der Waals surface area contributed by atoms with E-state index in [0.717, 1.165) is 12.0 Å². The van der Waals surface area contributed by atoms with E-state index in [4.69, 9.17) is 9.26 Å². The molecule has 1 aromatic carbocycles. The van der Waals surface area contributed by atoms with Gasteiger partial charge in [-0.3, -0.25) is 0 Å². The smallest absolute Gasteiger partial charge is 0.317 e. The lowest BCUT2D eigenvalue weighted by atomic mass is 10.0. The van der Waals surface area contributed by atoms with E-state index in [0.29, 0.717) is 37.8 Å². The standard InChI is InChI=1S/C18H24N4O3/c1-13-12-22(9-6-10-24-13)18(23)20-16(15-7-4-3-5-8-15)11-17-19-14(2)21-25-17/h3-5,7-8,13,16H,6,9-12H2,1-2H3,(H,20,23)/t13-,16-/m1/s1. The lowest BCUT2D eigenvalue weighted by Crippen LogP contribution is -2.44. The number of amides is 2.